The normalized spacial score (nSPS) is 16.7. The number of anilines is 3. The number of fused-ring (bicyclic) bond motifs is 2. The van der Waals surface area contributed by atoms with Gasteiger partial charge in [-0.3, -0.25) is 0 Å². The van der Waals surface area contributed by atoms with Crippen LogP contribution in [0.2, 0.25) is 0 Å². The van der Waals surface area contributed by atoms with Gasteiger partial charge >= 0.3 is 0 Å². The summed E-state index contributed by atoms with van der Waals surface area (Å²) in [4.78, 5) is 11.1. The molecule has 1 aliphatic heterocycles. The van der Waals surface area contributed by atoms with Gasteiger partial charge in [-0.05, 0) is 18.2 Å². The van der Waals surface area contributed by atoms with Gasteiger partial charge in [-0.1, -0.05) is 0 Å². The van der Waals surface area contributed by atoms with Crippen molar-refractivity contribution >= 4 is 33.9 Å². The van der Waals surface area contributed by atoms with E-state index in [9.17, 15) is 0 Å². The van der Waals surface area contributed by atoms with Crippen molar-refractivity contribution in [3.05, 3.63) is 30.6 Å². The number of hydrogen-bond donors (Lipinski definition) is 2. The summed E-state index contributed by atoms with van der Waals surface area (Å²) in [5, 5.41) is 15.4. The summed E-state index contributed by atoms with van der Waals surface area (Å²) in [5.41, 5.74) is 8.38. The van der Waals surface area contributed by atoms with Crippen molar-refractivity contribution < 1.29 is 8.85 Å². The number of pyridine rings is 2. The van der Waals surface area contributed by atoms with Crippen LogP contribution in [-0.4, -0.2) is 63.1 Å². The van der Waals surface area contributed by atoms with Crippen LogP contribution in [0, 0.1) is 0 Å². The lowest BCUT2D eigenvalue weighted by Crippen LogP contribution is -2.36. The van der Waals surface area contributed by atoms with E-state index in [1.165, 1.54) is 6.20 Å². The topological polar surface area (TPSA) is 119 Å². The molecule has 4 aromatic rings. The SMILES string of the molecule is [2H]C([2H])([2H])Nc1ncc(-c2nc3ccc(N4CCOCC4)cn3n2)c2cc(N)nnc12. The lowest BCUT2D eigenvalue weighted by molar-refractivity contribution is 0.122. The van der Waals surface area contributed by atoms with Gasteiger partial charge in [-0.25, -0.2) is 14.5 Å². The van der Waals surface area contributed by atoms with E-state index in [2.05, 4.69) is 35.5 Å². The zero-order valence-electron chi connectivity index (χ0n) is 17.8. The third-order valence-electron chi connectivity index (χ3n) is 4.70. The van der Waals surface area contributed by atoms with Crippen LogP contribution < -0.4 is 16.0 Å². The average molecular weight is 380 g/mol. The van der Waals surface area contributed by atoms with Crippen LogP contribution in [0.3, 0.4) is 0 Å². The van der Waals surface area contributed by atoms with Crippen LogP contribution in [-0.2, 0) is 4.74 Å². The molecule has 0 unspecified atom stereocenters. The molecule has 10 heteroatoms. The first-order valence-corrected chi connectivity index (χ1v) is 8.77. The Morgan fingerprint density at radius 2 is 2.14 bits per heavy atom. The third-order valence-corrected chi connectivity index (χ3v) is 4.70. The van der Waals surface area contributed by atoms with E-state index in [4.69, 9.17) is 14.6 Å². The molecular formula is C18H19N9O. The van der Waals surface area contributed by atoms with E-state index in [0.29, 0.717) is 35.6 Å². The van der Waals surface area contributed by atoms with Crippen molar-refractivity contribution in [2.45, 2.75) is 0 Å². The van der Waals surface area contributed by atoms with Crippen LogP contribution in [0.15, 0.2) is 30.6 Å². The molecule has 0 atom stereocenters. The third kappa shape index (κ3) is 2.74. The monoisotopic (exact) mass is 380 g/mol. The predicted molar refractivity (Wildman–Crippen MR) is 106 cm³/mol. The number of hydrogen-bond acceptors (Lipinski definition) is 9. The zero-order valence-corrected chi connectivity index (χ0v) is 14.8. The van der Waals surface area contributed by atoms with Crippen molar-refractivity contribution in [1.29, 1.82) is 0 Å². The van der Waals surface area contributed by atoms with Crippen molar-refractivity contribution in [3.8, 4) is 11.4 Å². The molecule has 0 aliphatic carbocycles. The summed E-state index contributed by atoms with van der Waals surface area (Å²) in [7, 11) is 0. The fourth-order valence-electron chi connectivity index (χ4n) is 3.31. The van der Waals surface area contributed by atoms with Gasteiger partial charge in [-0.15, -0.1) is 15.3 Å². The Morgan fingerprint density at radius 3 is 3.00 bits per heavy atom. The minimum atomic E-state index is -2.43. The molecule has 0 aromatic carbocycles. The van der Waals surface area contributed by atoms with Gasteiger partial charge in [0.25, 0.3) is 0 Å². The summed E-state index contributed by atoms with van der Waals surface area (Å²) in [6.07, 6.45) is 3.43. The number of nitrogens with zero attached hydrogens (tertiary/aromatic N) is 7. The number of aromatic nitrogens is 6. The average Bonchev–Trinajstić information content (AvgIpc) is 3.16. The van der Waals surface area contributed by atoms with Gasteiger partial charge in [0.15, 0.2) is 17.3 Å². The van der Waals surface area contributed by atoms with Crippen LogP contribution in [0.1, 0.15) is 4.11 Å². The Morgan fingerprint density at radius 1 is 1.25 bits per heavy atom. The molecule has 28 heavy (non-hydrogen) atoms. The van der Waals surface area contributed by atoms with E-state index in [-0.39, 0.29) is 17.2 Å². The van der Waals surface area contributed by atoms with Crippen molar-refractivity contribution in [2.75, 3.05) is 49.2 Å². The molecule has 4 aromatic heterocycles. The zero-order chi connectivity index (χ0) is 21.6. The number of morpholine rings is 1. The first kappa shape index (κ1) is 13.6. The quantitative estimate of drug-likeness (QED) is 0.540. The molecule has 0 bridgehead atoms. The lowest BCUT2D eigenvalue weighted by atomic mass is 10.1. The number of ether oxygens (including phenoxy) is 1. The maximum Gasteiger partial charge on any atom is 0.184 e. The molecule has 0 saturated carbocycles. The number of nitrogens with one attached hydrogen (secondary N) is 1. The Bertz CT molecular complexity index is 1270. The number of nitrogens with two attached hydrogens (primary N) is 1. The maximum absolute atomic E-state index is 7.45. The van der Waals surface area contributed by atoms with Gasteiger partial charge < -0.3 is 20.7 Å². The smallest absolute Gasteiger partial charge is 0.184 e. The number of nitrogen functional groups attached to an aromatic ring is 1. The molecule has 1 saturated heterocycles. The van der Waals surface area contributed by atoms with Gasteiger partial charge in [0.1, 0.15) is 11.3 Å². The molecule has 0 spiro atoms. The van der Waals surface area contributed by atoms with Gasteiger partial charge in [-0.2, -0.15) is 0 Å². The first-order valence-electron chi connectivity index (χ1n) is 10.3. The van der Waals surface area contributed by atoms with Crippen LogP contribution in [0.25, 0.3) is 27.9 Å². The Hall–Kier alpha value is -3.53. The molecule has 1 fully saturated rings. The Kier molecular flexibility index (Phi) is 3.19. The van der Waals surface area contributed by atoms with Crippen molar-refractivity contribution in [2.24, 2.45) is 0 Å². The molecule has 3 N–H and O–H groups in total. The van der Waals surface area contributed by atoms with E-state index < -0.39 is 6.98 Å². The summed E-state index contributed by atoms with van der Waals surface area (Å²) >= 11 is 0. The van der Waals surface area contributed by atoms with E-state index in [1.54, 1.807) is 10.6 Å². The highest BCUT2D eigenvalue weighted by molar-refractivity contribution is 5.98. The second-order valence-corrected chi connectivity index (χ2v) is 6.40. The number of rotatable bonds is 3. The summed E-state index contributed by atoms with van der Waals surface area (Å²) in [5.74, 6) is 0.701. The second kappa shape index (κ2) is 6.57. The highest BCUT2D eigenvalue weighted by atomic mass is 16.5. The molecule has 5 heterocycles. The lowest BCUT2D eigenvalue weighted by Gasteiger charge is -2.28. The summed E-state index contributed by atoms with van der Waals surface area (Å²) < 4.78 is 29.5. The highest BCUT2D eigenvalue weighted by Gasteiger charge is 2.16. The van der Waals surface area contributed by atoms with Gasteiger partial charge in [0, 0.05) is 41.3 Å². The van der Waals surface area contributed by atoms with E-state index in [1.807, 2.05) is 18.3 Å². The maximum atomic E-state index is 7.45. The molecule has 0 amide bonds. The van der Waals surface area contributed by atoms with Crippen molar-refractivity contribution in [1.82, 2.24) is 29.8 Å². The fourth-order valence-corrected chi connectivity index (χ4v) is 3.31. The first-order chi connectivity index (χ1) is 14.9. The Labute approximate surface area is 164 Å². The fraction of sp³-hybridized carbons (Fsp3) is 0.278. The minimum absolute atomic E-state index is 0.0876. The minimum Gasteiger partial charge on any atom is -0.382 e. The summed E-state index contributed by atoms with van der Waals surface area (Å²) in [6.45, 7) is 0.589. The van der Waals surface area contributed by atoms with Crippen LogP contribution in [0.5, 0.6) is 0 Å². The van der Waals surface area contributed by atoms with E-state index in [0.717, 1.165) is 18.8 Å². The highest BCUT2D eigenvalue weighted by Crippen LogP contribution is 2.29. The van der Waals surface area contributed by atoms with Gasteiger partial charge in [0.05, 0.1) is 25.1 Å². The largest absolute Gasteiger partial charge is 0.382 e. The summed E-state index contributed by atoms with van der Waals surface area (Å²) in [6, 6.07) is 5.51. The second-order valence-electron chi connectivity index (χ2n) is 6.40. The molecule has 5 rings (SSSR count). The molecule has 1 aliphatic rings. The Balaban J connectivity index is 1.60. The van der Waals surface area contributed by atoms with Gasteiger partial charge in [0.2, 0.25) is 0 Å². The van der Waals surface area contributed by atoms with Crippen molar-refractivity contribution in [3.63, 3.8) is 0 Å². The standard InChI is InChI=1S/C18H19N9O/c1-20-18-16-12(8-14(19)23-24-16)13(9-21-18)17-22-15-3-2-11(10-27(15)25-17)26-4-6-28-7-5-26/h2-3,8-10H,4-7H2,1H3,(H2,19,23)(H,20,21)/i1D3. The molecule has 10 nitrogen and oxygen atoms in total. The molecule has 0 radical (unpaired) electrons. The van der Waals surface area contributed by atoms with Crippen LogP contribution >= 0.6 is 0 Å². The molecule has 142 valence electrons. The predicted octanol–water partition coefficient (Wildman–Crippen LogP) is 1.19. The molecular weight excluding hydrogens is 358 g/mol. The van der Waals surface area contributed by atoms with E-state index >= 15 is 0 Å². The van der Waals surface area contributed by atoms with Crippen LogP contribution in [0.4, 0.5) is 17.3 Å².